The molecule has 0 spiro atoms. The van der Waals surface area contributed by atoms with E-state index < -0.39 is 17.9 Å². The number of thioether (sulfide) groups is 1. The molecule has 0 saturated heterocycles. The maximum Gasteiger partial charge on any atom is 0.398 e. The van der Waals surface area contributed by atoms with Crippen LogP contribution in [0.4, 0.5) is 18.9 Å². The van der Waals surface area contributed by atoms with E-state index in [4.69, 9.17) is 5.11 Å². The summed E-state index contributed by atoms with van der Waals surface area (Å²) >= 11 is 0.620. The highest BCUT2D eigenvalue weighted by Crippen LogP contribution is 2.33. The second kappa shape index (κ2) is 8.81. The van der Waals surface area contributed by atoms with Crippen molar-refractivity contribution in [1.29, 1.82) is 0 Å². The SMILES string of the molecule is Cc1ccc(SCC(F)(F)F)c(NC(=O)CCCCC(=O)O)c1. The topological polar surface area (TPSA) is 66.4 Å². The molecule has 1 aromatic rings. The van der Waals surface area contributed by atoms with Crippen LogP contribution in [-0.4, -0.2) is 28.9 Å². The number of hydrogen-bond donors (Lipinski definition) is 2. The Morgan fingerprint density at radius 2 is 1.87 bits per heavy atom. The maximum atomic E-state index is 12.3. The van der Waals surface area contributed by atoms with Crippen molar-refractivity contribution in [3.8, 4) is 0 Å². The smallest absolute Gasteiger partial charge is 0.398 e. The van der Waals surface area contributed by atoms with Gasteiger partial charge in [-0.25, -0.2) is 0 Å². The van der Waals surface area contributed by atoms with Gasteiger partial charge in [-0.2, -0.15) is 13.2 Å². The number of carbonyl (C=O) groups is 2. The molecule has 128 valence electrons. The van der Waals surface area contributed by atoms with Crippen LogP contribution in [-0.2, 0) is 9.59 Å². The molecule has 0 saturated carbocycles. The lowest BCUT2D eigenvalue weighted by molar-refractivity contribution is -0.137. The summed E-state index contributed by atoms with van der Waals surface area (Å²) in [6, 6.07) is 4.85. The minimum absolute atomic E-state index is 0.00951. The number of rotatable bonds is 8. The molecule has 0 fully saturated rings. The van der Waals surface area contributed by atoms with Gasteiger partial charge in [0.2, 0.25) is 5.91 Å². The van der Waals surface area contributed by atoms with E-state index in [1.807, 2.05) is 0 Å². The molecule has 0 heterocycles. The third kappa shape index (κ3) is 8.49. The first-order valence-corrected chi connectivity index (χ1v) is 7.98. The summed E-state index contributed by atoms with van der Waals surface area (Å²) in [5.41, 5.74) is 1.17. The van der Waals surface area contributed by atoms with Gasteiger partial charge in [0.15, 0.2) is 0 Å². The van der Waals surface area contributed by atoms with Crippen molar-refractivity contribution in [3.63, 3.8) is 0 Å². The van der Waals surface area contributed by atoms with E-state index in [2.05, 4.69) is 5.32 Å². The van der Waals surface area contributed by atoms with Crippen molar-refractivity contribution in [2.24, 2.45) is 0 Å². The average molecular weight is 349 g/mol. The van der Waals surface area contributed by atoms with Crippen LogP contribution in [0.15, 0.2) is 23.1 Å². The van der Waals surface area contributed by atoms with Crippen molar-refractivity contribution >= 4 is 29.3 Å². The van der Waals surface area contributed by atoms with Gasteiger partial charge in [-0.05, 0) is 37.5 Å². The first kappa shape index (κ1) is 19.3. The van der Waals surface area contributed by atoms with Crippen molar-refractivity contribution in [1.82, 2.24) is 0 Å². The number of carboxylic acids is 1. The summed E-state index contributed by atoms with van der Waals surface area (Å²) in [7, 11) is 0. The number of carboxylic acid groups (broad SMARTS) is 1. The van der Waals surface area contributed by atoms with Crippen LogP contribution in [0.3, 0.4) is 0 Å². The average Bonchev–Trinajstić information content (AvgIpc) is 2.41. The molecule has 0 aliphatic rings. The van der Waals surface area contributed by atoms with Crippen LogP contribution in [0.5, 0.6) is 0 Å². The minimum atomic E-state index is -4.28. The number of hydrogen-bond acceptors (Lipinski definition) is 3. The molecule has 8 heteroatoms. The molecule has 23 heavy (non-hydrogen) atoms. The van der Waals surface area contributed by atoms with Crippen molar-refractivity contribution < 1.29 is 27.9 Å². The van der Waals surface area contributed by atoms with Crippen molar-refractivity contribution in [2.45, 2.75) is 43.7 Å². The van der Waals surface area contributed by atoms with Crippen LogP contribution in [0.25, 0.3) is 0 Å². The number of unbranched alkanes of at least 4 members (excludes halogenated alkanes) is 1. The van der Waals surface area contributed by atoms with Crippen molar-refractivity contribution in [3.05, 3.63) is 23.8 Å². The molecular weight excluding hydrogens is 331 g/mol. The largest absolute Gasteiger partial charge is 0.481 e. The van der Waals surface area contributed by atoms with Gasteiger partial charge < -0.3 is 10.4 Å². The van der Waals surface area contributed by atoms with Crippen LogP contribution in [0.1, 0.15) is 31.2 Å². The Balaban J connectivity index is 2.61. The molecule has 0 aliphatic heterocycles. The quantitative estimate of drug-likeness (QED) is 0.544. The molecule has 0 unspecified atom stereocenters. The zero-order valence-electron chi connectivity index (χ0n) is 12.6. The number of benzene rings is 1. The molecule has 0 aromatic heterocycles. The first-order valence-electron chi connectivity index (χ1n) is 6.99. The van der Waals surface area contributed by atoms with E-state index in [0.717, 1.165) is 5.56 Å². The molecule has 1 rings (SSSR count). The third-order valence-electron chi connectivity index (χ3n) is 2.84. The highest BCUT2D eigenvalue weighted by molar-refractivity contribution is 7.99. The minimum Gasteiger partial charge on any atom is -0.481 e. The van der Waals surface area contributed by atoms with E-state index in [1.54, 1.807) is 25.1 Å². The summed E-state index contributed by atoms with van der Waals surface area (Å²) in [5.74, 6) is -2.29. The molecule has 1 aromatic carbocycles. The van der Waals surface area contributed by atoms with Gasteiger partial charge in [0.1, 0.15) is 0 Å². The Morgan fingerprint density at radius 1 is 1.22 bits per heavy atom. The normalized spacial score (nSPS) is 11.3. The summed E-state index contributed by atoms with van der Waals surface area (Å²) < 4.78 is 37.0. The van der Waals surface area contributed by atoms with Gasteiger partial charge in [-0.1, -0.05) is 6.07 Å². The van der Waals surface area contributed by atoms with Gasteiger partial charge in [-0.15, -0.1) is 11.8 Å². The van der Waals surface area contributed by atoms with E-state index in [1.165, 1.54) is 0 Å². The predicted molar refractivity (Wildman–Crippen MR) is 82.7 cm³/mol. The van der Waals surface area contributed by atoms with Gasteiger partial charge in [0.05, 0.1) is 11.4 Å². The van der Waals surface area contributed by atoms with Crippen molar-refractivity contribution in [2.75, 3.05) is 11.1 Å². The Labute approximate surface area is 136 Å². The predicted octanol–water partition coefficient (Wildman–Crippen LogP) is 4.23. The molecule has 4 nitrogen and oxygen atoms in total. The fourth-order valence-electron chi connectivity index (χ4n) is 1.80. The zero-order valence-corrected chi connectivity index (χ0v) is 13.4. The van der Waals surface area contributed by atoms with E-state index in [0.29, 0.717) is 35.2 Å². The monoisotopic (exact) mass is 349 g/mol. The standard InChI is InChI=1S/C15H18F3NO3S/c1-10-6-7-12(23-9-15(16,17)18)11(8-10)19-13(20)4-2-3-5-14(21)22/h6-8H,2-5,9H2,1H3,(H,19,20)(H,21,22). The van der Waals surface area contributed by atoms with E-state index in [9.17, 15) is 22.8 Å². The Bertz CT molecular complexity index is 561. The van der Waals surface area contributed by atoms with E-state index >= 15 is 0 Å². The summed E-state index contributed by atoms with van der Waals surface area (Å²) in [6.07, 6.45) is -3.37. The number of aryl methyl sites for hydroxylation is 1. The molecule has 0 bridgehead atoms. The van der Waals surface area contributed by atoms with Crippen LogP contribution in [0.2, 0.25) is 0 Å². The number of aliphatic carboxylic acids is 1. The van der Waals surface area contributed by atoms with Gasteiger partial charge >= 0.3 is 12.1 Å². The molecule has 1 amide bonds. The molecule has 0 aliphatic carbocycles. The second-order valence-corrected chi connectivity index (χ2v) is 6.07. The number of anilines is 1. The highest BCUT2D eigenvalue weighted by Gasteiger charge is 2.27. The highest BCUT2D eigenvalue weighted by atomic mass is 32.2. The lowest BCUT2D eigenvalue weighted by Gasteiger charge is -2.13. The number of alkyl halides is 3. The van der Waals surface area contributed by atoms with Crippen LogP contribution < -0.4 is 5.32 Å². The first-order chi connectivity index (χ1) is 10.7. The Morgan fingerprint density at radius 3 is 2.48 bits per heavy atom. The van der Waals surface area contributed by atoms with Gasteiger partial charge in [-0.3, -0.25) is 9.59 Å². The molecule has 0 atom stereocenters. The van der Waals surface area contributed by atoms with Gasteiger partial charge in [0.25, 0.3) is 0 Å². The fraction of sp³-hybridized carbons (Fsp3) is 0.467. The van der Waals surface area contributed by atoms with Crippen LogP contribution in [0, 0.1) is 6.92 Å². The number of halogens is 3. The molecular formula is C15H18F3NO3S. The molecule has 0 radical (unpaired) electrons. The van der Waals surface area contributed by atoms with Crippen LogP contribution >= 0.6 is 11.8 Å². The summed E-state index contributed by atoms with van der Waals surface area (Å²) in [5, 5.41) is 11.1. The number of carbonyl (C=O) groups excluding carboxylic acids is 1. The zero-order chi connectivity index (χ0) is 17.5. The summed E-state index contributed by atoms with van der Waals surface area (Å²) in [6.45, 7) is 1.78. The molecule has 2 N–H and O–H groups in total. The maximum absolute atomic E-state index is 12.3. The second-order valence-electron chi connectivity index (χ2n) is 5.05. The Kier molecular flexibility index (Phi) is 7.41. The van der Waals surface area contributed by atoms with E-state index in [-0.39, 0.29) is 18.7 Å². The summed E-state index contributed by atoms with van der Waals surface area (Å²) in [4.78, 5) is 22.6. The lowest BCUT2D eigenvalue weighted by atomic mass is 10.1. The van der Waals surface area contributed by atoms with Gasteiger partial charge in [0, 0.05) is 17.7 Å². The Hall–Kier alpha value is -1.70. The number of nitrogens with one attached hydrogen (secondary N) is 1. The fourth-order valence-corrected chi connectivity index (χ4v) is 2.55. The third-order valence-corrected chi connectivity index (χ3v) is 3.98. The number of amides is 1. The lowest BCUT2D eigenvalue weighted by Crippen LogP contribution is -2.14.